The summed E-state index contributed by atoms with van der Waals surface area (Å²) < 4.78 is 10.3. The van der Waals surface area contributed by atoms with E-state index in [1.54, 1.807) is 20.8 Å². The zero-order valence-electron chi connectivity index (χ0n) is 15.4. The average molecular weight is 357 g/mol. The van der Waals surface area contributed by atoms with Crippen LogP contribution in [-0.2, 0) is 28.7 Å². The molecule has 0 aromatic heterocycles. The first-order valence-electron chi connectivity index (χ1n) is 8.27. The molecule has 0 unspecified atom stereocenters. The van der Waals surface area contributed by atoms with Gasteiger partial charge in [-0.25, -0.2) is 0 Å². The second-order valence-corrected chi connectivity index (χ2v) is 6.62. The number of ether oxygens (including phenoxy) is 2. The summed E-state index contributed by atoms with van der Waals surface area (Å²) in [6, 6.07) is 0. The second kappa shape index (κ2) is 10.7. The van der Waals surface area contributed by atoms with Crippen molar-refractivity contribution >= 4 is 23.8 Å². The maximum Gasteiger partial charge on any atom is 0.310 e. The fraction of sp³-hybridized carbons (Fsp3) is 0.706. The lowest BCUT2D eigenvalue weighted by atomic mass is 9.88. The Morgan fingerprint density at radius 3 is 2.20 bits per heavy atom. The highest BCUT2D eigenvalue weighted by atomic mass is 16.6. The van der Waals surface area contributed by atoms with Crippen molar-refractivity contribution in [3.63, 3.8) is 0 Å². The van der Waals surface area contributed by atoms with Gasteiger partial charge in [0, 0.05) is 24.8 Å². The molecule has 143 valence electrons. The van der Waals surface area contributed by atoms with Crippen LogP contribution in [0.5, 0.6) is 0 Å². The number of hydrogen-bond donors (Lipinski definition) is 2. The van der Waals surface area contributed by atoms with Crippen LogP contribution in [0, 0.1) is 12.3 Å². The summed E-state index contributed by atoms with van der Waals surface area (Å²) >= 11 is 0. The van der Waals surface area contributed by atoms with Crippen LogP contribution in [0.1, 0.15) is 53.4 Å². The fourth-order valence-corrected chi connectivity index (χ4v) is 1.91. The van der Waals surface area contributed by atoms with Gasteiger partial charge in [0.05, 0.1) is 6.42 Å². The smallest absolute Gasteiger partial charge is 0.310 e. The molecule has 0 fully saturated rings. The van der Waals surface area contributed by atoms with Crippen molar-refractivity contribution in [3.05, 3.63) is 6.92 Å². The van der Waals surface area contributed by atoms with E-state index in [1.807, 2.05) is 6.92 Å². The Labute approximate surface area is 148 Å². The van der Waals surface area contributed by atoms with E-state index in [0.29, 0.717) is 6.42 Å². The molecule has 0 spiro atoms. The van der Waals surface area contributed by atoms with E-state index in [-0.39, 0.29) is 31.8 Å². The molecule has 8 heteroatoms. The molecule has 0 heterocycles. The first-order chi connectivity index (χ1) is 11.5. The molecule has 0 aromatic rings. The molecule has 2 atom stereocenters. The SMILES string of the molecule is [CH2]C(C)(C)[C@@H](OC(=O)C[C@@H](C)OC(=O)CCC)C(=O)NCCC(N)=O. The molecule has 0 saturated heterocycles. The lowest BCUT2D eigenvalue weighted by Gasteiger charge is -2.29. The highest BCUT2D eigenvalue weighted by Crippen LogP contribution is 2.23. The minimum absolute atomic E-state index is 0.0195. The summed E-state index contributed by atoms with van der Waals surface area (Å²) in [5, 5.41) is 2.49. The number of primary amides is 1. The third kappa shape index (κ3) is 10.4. The zero-order chi connectivity index (χ0) is 19.6. The van der Waals surface area contributed by atoms with Gasteiger partial charge in [0.15, 0.2) is 6.10 Å². The number of carbonyl (C=O) groups is 4. The molecule has 0 saturated carbocycles. The fourth-order valence-electron chi connectivity index (χ4n) is 1.91. The quantitative estimate of drug-likeness (QED) is 0.529. The Morgan fingerprint density at radius 1 is 1.12 bits per heavy atom. The van der Waals surface area contributed by atoms with Crippen LogP contribution in [0.3, 0.4) is 0 Å². The van der Waals surface area contributed by atoms with Crippen LogP contribution in [0.25, 0.3) is 0 Å². The minimum Gasteiger partial charge on any atom is -0.462 e. The highest BCUT2D eigenvalue weighted by molar-refractivity contribution is 5.85. The van der Waals surface area contributed by atoms with E-state index < -0.39 is 35.4 Å². The Bertz CT molecular complexity index is 484. The molecular formula is C17H29N2O6. The summed E-state index contributed by atoms with van der Waals surface area (Å²) in [6.07, 6.45) is -1.06. The summed E-state index contributed by atoms with van der Waals surface area (Å²) in [4.78, 5) is 46.4. The molecule has 0 aromatic carbocycles. The number of rotatable bonds is 11. The van der Waals surface area contributed by atoms with Crippen LogP contribution in [-0.4, -0.2) is 42.5 Å². The topological polar surface area (TPSA) is 125 Å². The Morgan fingerprint density at radius 2 is 1.72 bits per heavy atom. The average Bonchev–Trinajstić information content (AvgIpc) is 2.42. The molecule has 25 heavy (non-hydrogen) atoms. The van der Waals surface area contributed by atoms with Gasteiger partial charge in [-0.2, -0.15) is 0 Å². The number of hydrogen-bond acceptors (Lipinski definition) is 6. The minimum atomic E-state index is -1.15. The van der Waals surface area contributed by atoms with Gasteiger partial charge in [-0.05, 0) is 20.3 Å². The Balaban J connectivity index is 4.65. The maximum absolute atomic E-state index is 12.2. The normalized spacial score (nSPS) is 13.5. The van der Waals surface area contributed by atoms with Gasteiger partial charge in [0.25, 0.3) is 5.91 Å². The van der Waals surface area contributed by atoms with Crippen LogP contribution in [0.15, 0.2) is 0 Å². The highest BCUT2D eigenvalue weighted by Gasteiger charge is 2.35. The van der Waals surface area contributed by atoms with Crippen molar-refractivity contribution in [3.8, 4) is 0 Å². The van der Waals surface area contributed by atoms with Crippen molar-refractivity contribution in [1.29, 1.82) is 0 Å². The standard InChI is InChI=1S/C17H29N2O6/c1-6-7-13(21)24-11(2)10-14(22)25-15(17(3,4)5)16(23)19-9-8-12(18)20/h11,15H,3,6-10H2,1-2,4-5H3,(H2,18,20)(H,19,23)/t11-,15+/m1/s1. The molecule has 0 rings (SSSR count). The first kappa shape index (κ1) is 22.9. The van der Waals surface area contributed by atoms with E-state index in [0.717, 1.165) is 0 Å². The molecule has 0 aliphatic carbocycles. The third-order valence-corrected chi connectivity index (χ3v) is 3.11. The van der Waals surface area contributed by atoms with E-state index in [9.17, 15) is 19.2 Å². The van der Waals surface area contributed by atoms with Crippen molar-refractivity contribution < 1.29 is 28.7 Å². The van der Waals surface area contributed by atoms with E-state index in [2.05, 4.69) is 12.2 Å². The first-order valence-corrected chi connectivity index (χ1v) is 8.27. The lowest BCUT2D eigenvalue weighted by Crippen LogP contribution is -2.46. The number of amides is 2. The van der Waals surface area contributed by atoms with E-state index in [1.165, 1.54) is 0 Å². The van der Waals surface area contributed by atoms with Crippen molar-refractivity contribution in [1.82, 2.24) is 5.32 Å². The van der Waals surface area contributed by atoms with Gasteiger partial charge in [-0.3, -0.25) is 19.2 Å². The Hall–Kier alpha value is -2.12. The zero-order valence-corrected chi connectivity index (χ0v) is 15.4. The van der Waals surface area contributed by atoms with Gasteiger partial charge >= 0.3 is 11.9 Å². The number of esters is 2. The number of carbonyl (C=O) groups excluding carboxylic acids is 4. The lowest BCUT2D eigenvalue weighted by molar-refractivity contribution is -0.165. The largest absolute Gasteiger partial charge is 0.462 e. The molecule has 3 N–H and O–H groups in total. The van der Waals surface area contributed by atoms with Gasteiger partial charge < -0.3 is 20.5 Å². The van der Waals surface area contributed by atoms with Crippen molar-refractivity contribution in [2.45, 2.75) is 65.6 Å². The van der Waals surface area contributed by atoms with Gasteiger partial charge in [0.1, 0.15) is 6.10 Å². The molecule has 0 aliphatic rings. The summed E-state index contributed by atoms with van der Waals surface area (Å²) in [5.41, 5.74) is 4.11. The van der Waals surface area contributed by atoms with Gasteiger partial charge in [-0.1, -0.05) is 20.8 Å². The van der Waals surface area contributed by atoms with E-state index in [4.69, 9.17) is 15.2 Å². The molecule has 1 radical (unpaired) electrons. The monoisotopic (exact) mass is 357 g/mol. The molecule has 2 amide bonds. The molecule has 0 aliphatic heterocycles. The number of nitrogens with two attached hydrogens (primary N) is 1. The molecule has 8 nitrogen and oxygen atoms in total. The van der Waals surface area contributed by atoms with Gasteiger partial charge in [0.2, 0.25) is 5.91 Å². The van der Waals surface area contributed by atoms with Crippen molar-refractivity contribution in [2.24, 2.45) is 11.1 Å². The van der Waals surface area contributed by atoms with Crippen LogP contribution in [0.2, 0.25) is 0 Å². The van der Waals surface area contributed by atoms with Crippen LogP contribution >= 0.6 is 0 Å². The predicted octanol–water partition coefficient (Wildman–Crippen LogP) is 0.872. The van der Waals surface area contributed by atoms with E-state index >= 15 is 0 Å². The van der Waals surface area contributed by atoms with Crippen molar-refractivity contribution in [2.75, 3.05) is 6.54 Å². The Kier molecular flexibility index (Phi) is 9.78. The molecule has 0 bridgehead atoms. The predicted molar refractivity (Wildman–Crippen MR) is 90.9 cm³/mol. The third-order valence-electron chi connectivity index (χ3n) is 3.11. The maximum atomic E-state index is 12.2. The molecular weight excluding hydrogens is 328 g/mol. The van der Waals surface area contributed by atoms with Crippen LogP contribution in [0.4, 0.5) is 0 Å². The van der Waals surface area contributed by atoms with Gasteiger partial charge in [-0.15, -0.1) is 0 Å². The summed E-state index contributed by atoms with van der Waals surface area (Å²) in [5.74, 6) is -2.18. The number of nitrogens with one attached hydrogen (secondary N) is 1. The summed E-state index contributed by atoms with van der Waals surface area (Å²) in [7, 11) is 0. The summed E-state index contributed by atoms with van der Waals surface area (Å²) in [6.45, 7) is 10.6. The van der Waals surface area contributed by atoms with Crippen LogP contribution < -0.4 is 11.1 Å². The second-order valence-electron chi connectivity index (χ2n) is 6.62.